The molecule has 0 aliphatic carbocycles. The van der Waals surface area contributed by atoms with Crippen LogP contribution in [0, 0.1) is 55.4 Å². The minimum Gasteiger partial charge on any atom is -0.672 e. The summed E-state index contributed by atoms with van der Waals surface area (Å²) >= 11 is -0.346. The number of rotatable bonds is 10. The molecule has 0 fully saturated rings. The molecule has 6 nitrogen and oxygen atoms in total. The van der Waals surface area contributed by atoms with Crippen molar-refractivity contribution in [2.45, 2.75) is 67.5 Å². The van der Waals surface area contributed by atoms with Crippen molar-refractivity contribution in [1.29, 1.82) is 0 Å². The fourth-order valence-electron chi connectivity index (χ4n) is 9.99. The number of benzene rings is 8. The second-order valence-electron chi connectivity index (χ2n) is 18.5. The fourth-order valence-corrected chi connectivity index (χ4v) is 16.4. The minimum atomic E-state index is -1.60. The van der Waals surface area contributed by atoms with Gasteiger partial charge >= 0.3 is 34.5 Å². The Bertz CT molecular complexity index is 2760. The van der Waals surface area contributed by atoms with E-state index in [0.717, 1.165) is 45.3 Å². The number of ether oxygens (including phenoxy) is 4. The van der Waals surface area contributed by atoms with E-state index in [0.29, 0.717) is 0 Å². The van der Waals surface area contributed by atoms with Crippen molar-refractivity contribution in [2.24, 2.45) is 0 Å². The molecule has 0 spiro atoms. The Balaban J connectivity index is 0.000000298. The molecule has 11 heteroatoms. The van der Waals surface area contributed by atoms with Gasteiger partial charge in [0.15, 0.2) is 23.0 Å². The summed E-state index contributed by atoms with van der Waals surface area (Å²) in [5.41, 5.74) is 30.1. The SMILES string of the molecule is Cc1cc(C)cc([PH+](c2cc(C)cc(C)c2)c2ccc3c(c2-c2c([PH+](c4cc(C)cc(C)c4)c4cc(C)cc(C)c4)ccc4c2OCO4)OCO3)c1.[Cl][Ru+2][Cl].[NH-][C@@H](c1ccccc1)[C@@H]([NH-])c1ccccc1. The molecule has 364 valence electrons. The molecule has 2 N–H and O–H groups in total. The Morgan fingerprint density at radius 3 is 0.930 bits per heavy atom. The number of nitrogens with one attached hydrogen (secondary N) is 2. The van der Waals surface area contributed by atoms with Crippen molar-refractivity contribution in [3.05, 3.63) is 225 Å². The van der Waals surface area contributed by atoms with Gasteiger partial charge in [0.1, 0.15) is 31.8 Å². The van der Waals surface area contributed by atoms with Crippen molar-refractivity contribution >= 4 is 67.1 Å². The molecule has 71 heavy (non-hydrogen) atoms. The molecule has 0 aromatic heterocycles. The first-order valence-corrected chi connectivity index (χ1v) is 31.0. The van der Waals surface area contributed by atoms with Crippen LogP contribution in [-0.2, 0) is 15.1 Å². The summed E-state index contributed by atoms with van der Waals surface area (Å²) in [5, 5.41) is 7.86. The molecule has 2 heterocycles. The Hall–Kier alpha value is -5.06. The van der Waals surface area contributed by atoms with E-state index < -0.39 is 27.9 Å². The van der Waals surface area contributed by atoms with E-state index in [1.807, 2.05) is 60.7 Å². The van der Waals surface area contributed by atoms with Crippen LogP contribution in [-0.4, -0.2) is 13.6 Å². The first-order valence-electron chi connectivity index (χ1n) is 23.5. The van der Waals surface area contributed by atoms with E-state index in [1.165, 1.54) is 76.3 Å². The third-order valence-electron chi connectivity index (χ3n) is 12.6. The number of fused-ring (bicyclic) bond motifs is 2. The number of halogens is 2. The quantitative estimate of drug-likeness (QED) is 0.101. The maximum Gasteiger partial charge on any atom is -0.0606 e. The average Bonchev–Trinajstić information content (AvgIpc) is 4.02. The van der Waals surface area contributed by atoms with Crippen LogP contribution in [0.1, 0.15) is 67.7 Å². The van der Waals surface area contributed by atoms with Gasteiger partial charge in [-0.2, -0.15) is 0 Å². The van der Waals surface area contributed by atoms with Gasteiger partial charge in [-0.05, 0) is 173 Å². The zero-order valence-corrected chi connectivity index (χ0v) is 46.6. The van der Waals surface area contributed by atoms with Crippen molar-refractivity contribution in [3.63, 3.8) is 0 Å². The molecular weight excluding hydrogens is 1050 g/mol. The summed E-state index contributed by atoms with van der Waals surface area (Å²) in [6, 6.07) is 55.0. The molecule has 10 rings (SSSR count). The van der Waals surface area contributed by atoms with Gasteiger partial charge in [0.25, 0.3) is 0 Å². The third kappa shape index (κ3) is 12.2. The largest absolute Gasteiger partial charge is 0.672 e. The molecule has 2 atom stereocenters. The zero-order valence-electron chi connectivity index (χ0n) is 41.3. The van der Waals surface area contributed by atoms with E-state index in [4.69, 9.17) is 49.8 Å². The van der Waals surface area contributed by atoms with Gasteiger partial charge in [-0.1, -0.05) is 96.1 Å². The standard InChI is InChI=1S/C46H44O4P2.C14H14N2.2ClH.Ru/c1-27-13-28(2)18-35(17-27)51(36-19-29(3)14-30(4)20-36)41-11-9-39-45(49-25-47-39)43(41)44-42(12-10-40-46(44)50-26-48-40)52(37-21-31(5)15-32(6)22-37)38-23-33(7)16-34(8)24-38;15-13(11-7-3-1-4-8-11)14(16)12-9-5-2-6-10-12;;;/h9-24H,25-26H2,1-8H3;1-10,13-16H;2*1H;/q;-2;;;+4/t;13-,14-;;;/m.0.../s1. The molecule has 8 aromatic carbocycles. The smallest absolute Gasteiger partial charge is 0.0606 e. The summed E-state index contributed by atoms with van der Waals surface area (Å²) < 4.78 is 25.4. The Morgan fingerprint density at radius 1 is 0.394 bits per heavy atom. The monoisotopic (exact) mass is 1110 g/mol. The first-order chi connectivity index (χ1) is 34.2. The number of hydrogen-bond donors (Lipinski definition) is 0. The number of hydrogen-bond acceptors (Lipinski definition) is 4. The van der Waals surface area contributed by atoms with Gasteiger partial charge in [-0.15, -0.1) is 12.1 Å². The van der Waals surface area contributed by atoms with E-state index >= 15 is 0 Å². The molecule has 0 radical (unpaired) electrons. The van der Waals surface area contributed by atoms with Crippen molar-refractivity contribution < 1.29 is 34.1 Å². The maximum atomic E-state index is 8.07. The summed E-state index contributed by atoms with van der Waals surface area (Å²) in [6.07, 6.45) is 0. The van der Waals surface area contributed by atoms with Gasteiger partial charge in [0.05, 0.1) is 27.0 Å². The molecule has 0 amide bonds. The van der Waals surface area contributed by atoms with Crippen molar-refractivity contribution in [2.75, 3.05) is 13.6 Å². The van der Waals surface area contributed by atoms with E-state index in [1.54, 1.807) is 0 Å². The van der Waals surface area contributed by atoms with E-state index in [2.05, 4.69) is 152 Å². The normalized spacial score (nSPS) is 13.0. The first kappa shape index (κ1) is 52.3. The van der Waals surface area contributed by atoms with Crippen molar-refractivity contribution in [1.82, 2.24) is 0 Å². The van der Waals surface area contributed by atoms with Gasteiger partial charge in [0, 0.05) is 0 Å². The molecule has 0 saturated carbocycles. The zero-order chi connectivity index (χ0) is 50.3. The topological polar surface area (TPSA) is 84.5 Å². The molecule has 2 aliphatic heterocycles. The van der Waals surface area contributed by atoms with Crippen molar-refractivity contribution in [3.8, 4) is 34.1 Å². The summed E-state index contributed by atoms with van der Waals surface area (Å²) in [4.78, 5) is 0. The second kappa shape index (κ2) is 23.7. The molecular formula is C60H60Cl2N2O4P2Ru+2. The maximum absolute atomic E-state index is 8.07. The van der Waals surface area contributed by atoms with Crippen LogP contribution in [0.5, 0.6) is 23.0 Å². The summed E-state index contributed by atoms with van der Waals surface area (Å²) in [6.45, 7) is 18.0. The van der Waals surface area contributed by atoms with Crippen LogP contribution in [0.4, 0.5) is 0 Å². The molecule has 2 aliphatic rings. The average molecular weight is 1110 g/mol. The summed E-state index contributed by atoms with van der Waals surface area (Å²) in [7, 11) is 6.51. The van der Waals surface area contributed by atoms with Crippen LogP contribution >= 0.6 is 35.2 Å². The van der Waals surface area contributed by atoms with Crippen LogP contribution in [0.3, 0.4) is 0 Å². The Kier molecular flexibility index (Phi) is 17.4. The summed E-state index contributed by atoms with van der Waals surface area (Å²) in [5.74, 6) is 3.08. The number of aryl methyl sites for hydroxylation is 8. The molecule has 8 aromatic rings. The van der Waals surface area contributed by atoms with E-state index in [9.17, 15) is 0 Å². The fraction of sp³-hybridized carbons (Fsp3) is 0.200. The van der Waals surface area contributed by atoms with E-state index in [-0.39, 0.29) is 28.7 Å². The van der Waals surface area contributed by atoms with Gasteiger partial charge in [-0.3, -0.25) is 0 Å². The van der Waals surface area contributed by atoms with Gasteiger partial charge < -0.3 is 30.4 Å². The molecule has 0 saturated heterocycles. The molecule has 0 unspecified atom stereocenters. The predicted octanol–water partition coefficient (Wildman–Crippen LogP) is 14.2. The van der Waals surface area contributed by atoms with Crippen LogP contribution in [0.25, 0.3) is 22.6 Å². The van der Waals surface area contributed by atoms with Crippen LogP contribution in [0.15, 0.2) is 158 Å². The second-order valence-corrected chi connectivity index (χ2v) is 26.1. The Morgan fingerprint density at radius 2 is 0.662 bits per heavy atom. The van der Waals surface area contributed by atoms with Gasteiger partial charge in [-0.25, -0.2) is 0 Å². The third-order valence-corrected chi connectivity index (χ3v) is 17.9. The van der Waals surface area contributed by atoms with Crippen LogP contribution < -0.4 is 50.8 Å². The Labute approximate surface area is 438 Å². The van der Waals surface area contributed by atoms with Gasteiger partial charge in [0.2, 0.25) is 13.6 Å². The predicted molar refractivity (Wildman–Crippen MR) is 301 cm³/mol. The van der Waals surface area contributed by atoms with Crippen LogP contribution in [0.2, 0.25) is 0 Å². The minimum absolute atomic E-state index is 0.175. The molecule has 0 bridgehead atoms.